The van der Waals surface area contributed by atoms with Crippen LogP contribution in [0, 0.1) is 0 Å². The molecule has 0 aromatic heterocycles. The van der Waals surface area contributed by atoms with Gasteiger partial charge in [0.2, 0.25) is 0 Å². The van der Waals surface area contributed by atoms with Gasteiger partial charge in [-0.3, -0.25) is 4.90 Å². The minimum Gasteiger partial charge on any atom is -0.293 e. The molecular weight excluding hydrogens is 203 g/mol. The number of halogens is 4. The molecule has 5 heteroatoms. The summed E-state index contributed by atoms with van der Waals surface area (Å²) in [4.78, 5) is 1.38. The monoisotopic (exact) mass is 217 g/mol. The van der Waals surface area contributed by atoms with Crippen LogP contribution in [0.3, 0.4) is 0 Å². The zero-order chi connectivity index (χ0) is 10.5. The van der Waals surface area contributed by atoms with Crippen molar-refractivity contribution in [2.45, 2.75) is 32.5 Å². The molecule has 0 spiro atoms. The average molecular weight is 218 g/mol. The van der Waals surface area contributed by atoms with Crippen LogP contribution < -0.4 is 0 Å². The minimum absolute atomic E-state index is 0.0927. The van der Waals surface area contributed by atoms with Crippen LogP contribution in [0.2, 0.25) is 0 Å². The molecule has 80 valence electrons. The van der Waals surface area contributed by atoms with E-state index in [0.29, 0.717) is 18.8 Å². The molecule has 13 heavy (non-hydrogen) atoms. The van der Waals surface area contributed by atoms with E-state index in [4.69, 9.17) is 11.6 Å². The highest BCUT2D eigenvalue weighted by molar-refractivity contribution is 6.17. The molecule has 0 saturated heterocycles. The van der Waals surface area contributed by atoms with Gasteiger partial charge >= 0.3 is 6.18 Å². The van der Waals surface area contributed by atoms with Gasteiger partial charge in [-0.1, -0.05) is 0 Å². The van der Waals surface area contributed by atoms with Crippen molar-refractivity contribution in [1.82, 2.24) is 4.90 Å². The lowest BCUT2D eigenvalue weighted by molar-refractivity contribution is -0.149. The number of rotatable bonds is 5. The molecule has 0 N–H and O–H groups in total. The lowest BCUT2D eigenvalue weighted by atomic mass is 10.3. The van der Waals surface area contributed by atoms with Gasteiger partial charge in [-0.05, 0) is 26.8 Å². The predicted octanol–water partition coefficient (Wildman–Crippen LogP) is 2.89. The molecule has 0 aliphatic carbocycles. The van der Waals surface area contributed by atoms with Gasteiger partial charge in [0.25, 0.3) is 0 Å². The SMILES string of the molecule is CC(C)N(CCCCl)CC(F)(F)F. The summed E-state index contributed by atoms with van der Waals surface area (Å²) < 4.78 is 36.1. The maximum atomic E-state index is 12.0. The molecule has 0 rings (SSSR count). The van der Waals surface area contributed by atoms with Crippen molar-refractivity contribution >= 4 is 11.6 Å². The maximum absolute atomic E-state index is 12.0. The first-order chi connectivity index (χ1) is 5.87. The van der Waals surface area contributed by atoms with Gasteiger partial charge < -0.3 is 0 Å². The van der Waals surface area contributed by atoms with E-state index < -0.39 is 12.7 Å². The van der Waals surface area contributed by atoms with Gasteiger partial charge in [0.05, 0.1) is 6.54 Å². The molecule has 0 atom stereocenters. The Morgan fingerprint density at radius 1 is 1.31 bits per heavy atom. The second kappa shape index (κ2) is 5.70. The zero-order valence-electron chi connectivity index (χ0n) is 7.86. The van der Waals surface area contributed by atoms with Crippen molar-refractivity contribution in [2.75, 3.05) is 19.0 Å². The second-order valence-electron chi connectivity index (χ2n) is 3.22. The molecule has 0 amide bonds. The van der Waals surface area contributed by atoms with Crippen LogP contribution in [0.1, 0.15) is 20.3 Å². The normalized spacial score (nSPS) is 12.9. The number of nitrogens with zero attached hydrogens (tertiary/aromatic N) is 1. The van der Waals surface area contributed by atoms with Crippen LogP contribution in [0.5, 0.6) is 0 Å². The van der Waals surface area contributed by atoms with E-state index in [0.717, 1.165) is 0 Å². The first-order valence-corrected chi connectivity index (χ1v) is 4.77. The topological polar surface area (TPSA) is 3.24 Å². The van der Waals surface area contributed by atoms with Crippen LogP contribution >= 0.6 is 11.6 Å². The van der Waals surface area contributed by atoms with Crippen LogP contribution in [0.15, 0.2) is 0 Å². The summed E-state index contributed by atoms with van der Waals surface area (Å²) in [5.41, 5.74) is 0. The number of hydrogen-bond acceptors (Lipinski definition) is 1. The summed E-state index contributed by atoms with van der Waals surface area (Å²) in [6.07, 6.45) is -3.52. The highest BCUT2D eigenvalue weighted by Gasteiger charge is 2.31. The summed E-state index contributed by atoms with van der Waals surface area (Å²) in [6.45, 7) is 3.06. The number of alkyl halides is 4. The first-order valence-electron chi connectivity index (χ1n) is 4.23. The summed E-state index contributed by atoms with van der Waals surface area (Å²) in [5.74, 6) is 0.404. The fourth-order valence-corrected chi connectivity index (χ4v) is 1.13. The van der Waals surface area contributed by atoms with Gasteiger partial charge in [-0.15, -0.1) is 11.6 Å². The second-order valence-corrected chi connectivity index (χ2v) is 3.60. The van der Waals surface area contributed by atoms with Gasteiger partial charge in [-0.2, -0.15) is 13.2 Å². The summed E-state index contributed by atoms with van der Waals surface area (Å²) in [5, 5.41) is 0. The first kappa shape index (κ1) is 13.0. The Hall–Kier alpha value is 0.0400. The van der Waals surface area contributed by atoms with Crippen molar-refractivity contribution in [2.24, 2.45) is 0 Å². The van der Waals surface area contributed by atoms with Crippen molar-refractivity contribution in [3.8, 4) is 0 Å². The Kier molecular flexibility index (Phi) is 5.72. The highest BCUT2D eigenvalue weighted by atomic mass is 35.5. The molecule has 0 aromatic carbocycles. The third-order valence-corrected chi connectivity index (χ3v) is 1.96. The molecule has 0 aliphatic heterocycles. The van der Waals surface area contributed by atoms with E-state index in [2.05, 4.69) is 0 Å². The van der Waals surface area contributed by atoms with Crippen molar-refractivity contribution in [3.05, 3.63) is 0 Å². The van der Waals surface area contributed by atoms with Crippen LogP contribution in [0.25, 0.3) is 0 Å². The summed E-state index contributed by atoms with van der Waals surface area (Å²) >= 11 is 5.41. The Morgan fingerprint density at radius 3 is 2.15 bits per heavy atom. The third kappa shape index (κ3) is 7.14. The van der Waals surface area contributed by atoms with E-state index in [1.165, 1.54) is 4.90 Å². The molecule has 0 aliphatic rings. The van der Waals surface area contributed by atoms with Gasteiger partial charge in [-0.25, -0.2) is 0 Å². The molecule has 0 fully saturated rings. The van der Waals surface area contributed by atoms with Gasteiger partial charge in [0.1, 0.15) is 0 Å². The Morgan fingerprint density at radius 2 is 1.85 bits per heavy atom. The average Bonchev–Trinajstić information content (AvgIpc) is 1.95. The van der Waals surface area contributed by atoms with Crippen LogP contribution in [-0.4, -0.2) is 36.1 Å². The predicted molar refractivity (Wildman–Crippen MR) is 48.1 cm³/mol. The molecule has 0 heterocycles. The van der Waals surface area contributed by atoms with E-state index in [1.54, 1.807) is 13.8 Å². The van der Waals surface area contributed by atoms with Crippen molar-refractivity contribution < 1.29 is 13.2 Å². The van der Waals surface area contributed by atoms with Crippen LogP contribution in [0.4, 0.5) is 13.2 Å². The van der Waals surface area contributed by atoms with Crippen LogP contribution in [-0.2, 0) is 0 Å². The van der Waals surface area contributed by atoms with Crippen molar-refractivity contribution in [3.63, 3.8) is 0 Å². The molecular formula is C8H15ClF3N. The van der Waals surface area contributed by atoms with Gasteiger partial charge in [0.15, 0.2) is 0 Å². The van der Waals surface area contributed by atoms with E-state index in [1.807, 2.05) is 0 Å². The standard InChI is InChI=1S/C8H15ClF3N/c1-7(2)13(5-3-4-9)6-8(10,11)12/h7H,3-6H2,1-2H3. The fraction of sp³-hybridized carbons (Fsp3) is 1.00. The molecule has 0 bridgehead atoms. The summed E-state index contributed by atoms with van der Waals surface area (Å²) in [6, 6.07) is -0.0927. The lowest BCUT2D eigenvalue weighted by Crippen LogP contribution is -2.39. The Bertz CT molecular complexity index is 136. The quantitative estimate of drug-likeness (QED) is 0.640. The molecule has 1 nitrogen and oxygen atoms in total. The molecule has 0 aromatic rings. The smallest absolute Gasteiger partial charge is 0.293 e. The molecule has 0 saturated carbocycles. The number of hydrogen-bond donors (Lipinski definition) is 0. The molecule has 0 radical (unpaired) electrons. The summed E-state index contributed by atoms with van der Waals surface area (Å²) in [7, 11) is 0. The maximum Gasteiger partial charge on any atom is 0.401 e. The van der Waals surface area contributed by atoms with Crippen molar-refractivity contribution in [1.29, 1.82) is 0 Å². The zero-order valence-corrected chi connectivity index (χ0v) is 8.62. The third-order valence-electron chi connectivity index (χ3n) is 1.69. The van der Waals surface area contributed by atoms with E-state index >= 15 is 0 Å². The van der Waals surface area contributed by atoms with E-state index in [-0.39, 0.29) is 6.04 Å². The van der Waals surface area contributed by atoms with Gasteiger partial charge in [0, 0.05) is 11.9 Å². The highest BCUT2D eigenvalue weighted by Crippen LogP contribution is 2.18. The largest absolute Gasteiger partial charge is 0.401 e. The lowest BCUT2D eigenvalue weighted by Gasteiger charge is -2.26. The fourth-order valence-electron chi connectivity index (χ4n) is 1.01. The molecule has 0 unspecified atom stereocenters. The minimum atomic E-state index is -4.11. The Balaban J connectivity index is 3.95. The Labute approximate surface area is 81.9 Å². The van der Waals surface area contributed by atoms with E-state index in [9.17, 15) is 13.2 Å².